The van der Waals surface area contributed by atoms with Gasteiger partial charge in [0.1, 0.15) is 29.1 Å². The molecule has 5 nitrogen and oxygen atoms in total. The molecule has 61 heavy (non-hydrogen) atoms. The number of H-pyrrole nitrogens is 1. The van der Waals surface area contributed by atoms with Crippen LogP contribution >= 0.6 is 15.8 Å². The van der Waals surface area contributed by atoms with Gasteiger partial charge in [-0.1, -0.05) is 115 Å². The molecule has 0 bridgehead atoms. The van der Waals surface area contributed by atoms with Gasteiger partial charge in [0.2, 0.25) is 0 Å². The van der Waals surface area contributed by atoms with Gasteiger partial charge in [0.25, 0.3) is 11.3 Å². The summed E-state index contributed by atoms with van der Waals surface area (Å²) in [6.45, 7) is 5.78. The number of ether oxygens (including phenoxy) is 1. The number of carbonyl (C=O) groups excluding carboxylic acids is 1. The summed E-state index contributed by atoms with van der Waals surface area (Å²) in [6, 6.07) is 59.5. The first-order valence-electron chi connectivity index (χ1n) is 20.8. The van der Waals surface area contributed by atoms with E-state index in [4.69, 9.17) is 4.74 Å². The molecule has 2 heterocycles. The van der Waals surface area contributed by atoms with Crippen molar-refractivity contribution in [3.63, 3.8) is 0 Å². The van der Waals surface area contributed by atoms with Gasteiger partial charge < -0.3 is 4.74 Å². The van der Waals surface area contributed by atoms with Gasteiger partial charge in [-0.3, -0.25) is 0 Å². The molecule has 2 N–H and O–H groups in total. The fraction of sp³-hybridized carbons (Fsp3) is 0.189. The Kier molecular flexibility index (Phi) is 18.2. The Balaban J connectivity index is 0.000000193. The van der Waals surface area contributed by atoms with E-state index in [0.717, 1.165) is 17.1 Å². The van der Waals surface area contributed by atoms with Gasteiger partial charge in [-0.25, -0.2) is 10.1 Å². The first kappa shape index (κ1) is 46.8. The number of carbonyl (C=O) groups is 1. The zero-order valence-electron chi connectivity index (χ0n) is 35.9. The molecule has 0 saturated carbocycles. The van der Waals surface area contributed by atoms with Crippen LogP contribution < -0.4 is 51.7 Å². The van der Waals surface area contributed by atoms with Crippen molar-refractivity contribution in [1.29, 1.82) is 0 Å². The van der Waals surface area contributed by atoms with Crippen LogP contribution in [0.4, 0.5) is 5.82 Å². The van der Waals surface area contributed by atoms with Crippen LogP contribution in [0.3, 0.4) is 0 Å². The van der Waals surface area contributed by atoms with E-state index in [-0.39, 0.29) is 22.4 Å². The van der Waals surface area contributed by atoms with Crippen molar-refractivity contribution < 1.29 is 35.6 Å². The molecule has 5 aromatic carbocycles. The molecule has 0 fully saturated rings. The third-order valence-corrected chi connectivity index (χ3v) is 15.7. The third-order valence-electron chi connectivity index (χ3n) is 10.2. The first-order chi connectivity index (χ1) is 29.2. The van der Waals surface area contributed by atoms with Crippen molar-refractivity contribution >= 4 is 70.4 Å². The molecule has 1 amide bonds. The average Bonchev–Trinajstić information content (AvgIpc) is 3.26. The summed E-state index contributed by atoms with van der Waals surface area (Å²) in [4.78, 5) is 16.0. The summed E-state index contributed by atoms with van der Waals surface area (Å²) in [6.07, 6.45) is 14.0. The molecule has 314 valence electrons. The smallest absolute Gasteiger partial charge is 0.377 e. The number of allylic oxidation sites excluding steroid dienone is 4. The number of nitrogens with zero attached hydrogens (tertiary/aromatic N) is 1. The van der Waals surface area contributed by atoms with Crippen molar-refractivity contribution in [3.8, 4) is 5.88 Å². The SMILES string of the molecule is C1=CCCC=CCC1.COc1[nH+]c([PH+](c2ccccc2)c2ccccc2)cc2ccccc12.C[n+]1c(NC(=O)C(C)(C)C)cccc1[PH+](c1ccccc1)c1ccccc1.[Ni]. The summed E-state index contributed by atoms with van der Waals surface area (Å²) in [5.41, 5.74) is 2.01. The summed E-state index contributed by atoms with van der Waals surface area (Å²) < 4.78 is 7.77. The molecule has 8 rings (SSSR count). The number of aromatic nitrogens is 2. The number of pyridine rings is 2. The first-order valence-corrected chi connectivity index (χ1v) is 23.8. The Labute approximate surface area is 375 Å². The maximum absolute atomic E-state index is 12.5. The number of benzene rings is 5. The minimum atomic E-state index is -1.19. The van der Waals surface area contributed by atoms with Crippen LogP contribution in [0.15, 0.2) is 194 Å². The predicted octanol–water partition coefficient (Wildman–Crippen LogP) is 8.81. The van der Waals surface area contributed by atoms with Gasteiger partial charge >= 0.3 is 17.2 Å². The number of rotatable bonds is 8. The molecular weight excluding hydrogens is 831 g/mol. The average molecular weight is 891 g/mol. The van der Waals surface area contributed by atoms with Gasteiger partial charge in [-0.15, -0.1) is 4.98 Å². The van der Waals surface area contributed by atoms with Crippen molar-refractivity contribution in [2.75, 3.05) is 12.4 Å². The van der Waals surface area contributed by atoms with E-state index < -0.39 is 21.3 Å². The number of fused-ring (bicyclic) bond motifs is 1. The molecule has 0 unspecified atom stereocenters. The fourth-order valence-electron chi connectivity index (χ4n) is 6.99. The van der Waals surface area contributed by atoms with Gasteiger partial charge in [-0.2, -0.15) is 4.57 Å². The van der Waals surface area contributed by atoms with Crippen LogP contribution in [-0.4, -0.2) is 13.0 Å². The minimum absolute atomic E-state index is 0. The van der Waals surface area contributed by atoms with Crippen LogP contribution in [0, 0.1) is 5.41 Å². The zero-order valence-corrected chi connectivity index (χ0v) is 38.9. The monoisotopic (exact) mass is 889 g/mol. The molecule has 7 aromatic rings. The molecule has 0 atom stereocenters. The quantitative estimate of drug-likeness (QED) is 0.0719. The summed E-state index contributed by atoms with van der Waals surface area (Å²) in [7, 11) is 1.43. The molecule has 0 radical (unpaired) electrons. The Morgan fingerprint density at radius 1 is 0.590 bits per heavy atom. The Bertz CT molecular complexity index is 2370. The van der Waals surface area contributed by atoms with Crippen molar-refractivity contribution in [2.24, 2.45) is 12.5 Å². The van der Waals surface area contributed by atoms with Crippen molar-refractivity contribution in [1.82, 2.24) is 0 Å². The Morgan fingerprint density at radius 3 is 1.46 bits per heavy atom. The molecule has 8 heteroatoms. The molecule has 0 aliphatic heterocycles. The van der Waals surface area contributed by atoms with Crippen molar-refractivity contribution in [2.45, 2.75) is 46.5 Å². The second-order valence-electron chi connectivity index (χ2n) is 15.7. The van der Waals surface area contributed by atoms with Gasteiger partial charge in [0.05, 0.1) is 31.0 Å². The van der Waals surface area contributed by atoms with E-state index >= 15 is 0 Å². The van der Waals surface area contributed by atoms with E-state index in [0.29, 0.717) is 0 Å². The maximum atomic E-state index is 12.5. The van der Waals surface area contributed by atoms with E-state index in [1.165, 1.54) is 63.2 Å². The summed E-state index contributed by atoms with van der Waals surface area (Å²) >= 11 is 0. The predicted molar refractivity (Wildman–Crippen MR) is 260 cm³/mol. The molecular formula is C53H59N3NiO2P2+4. The molecule has 2 aromatic heterocycles. The van der Waals surface area contributed by atoms with Crippen LogP contribution in [0.2, 0.25) is 0 Å². The summed E-state index contributed by atoms with van der Waals surface area (Å²) in [5, 5.41) is 10.7. The zero-order chi connectivity index (χ0) is 42.2. The van der Waals surface area contributed by atoms with Crippen molar-refractivity contribution in [3.05, 3.63) is 194 Å². The largest absolute Gasteiger partial charge is 0.447 e. The Morgan fingerprint density at radius 2 is 1.02 bits per heavy atom. The molecule has 0 saturated heterocycles. The second kappa shape index (κ2) is 23.7. The summed E-state index contributed by atoms with van der Waals surface area (Å²) in [5.74, 6) is 1.66. The van der Waals surface area contributed by atoms with E-state index in [1.807, 2.05) is 58.2 Å². The maximum Gasteiger partial charge on any atom is 0.377 e. The third kappa shape index (κ3) is 13.1. The normalized spacial score (nSPS) is 12.2. The number of hydrogen-bond acceptors (Lipinski definition) is 2. The number of methoxy groups -OCH3 is 1. The van der Waals surface area contributed by atoms with E-state index in [1.54, 1.807) is 7.11 Å². The minimum Gasteiger partial charge on any atom is -0.447 e. The second-order valence-corrected chi connectivity index (χ2v) is 20.5. The number of hydrogen-bond donors (Lipinski definition) is 1. The van der Waals surface area contributed by atoms with Gasteiger partial charge in [0.15, 0.2) is 7.92 Å². The number of amides is 1. The van der Waals surface area contributed by atoms with Gasteiger partial charge in [-0.05, 0) is 107 Å². The molecule has 0 spiro atoms. The van der Waals surface area contributed by atoms with Crippen LogP contribution in [0.1, 0.15) is 46.5 Å². The van der Waals surface area contributed by atoms with Crippen LogP contribution in [-0.2, 0) is 28.3 Å². The standard InChI is InChI=1S/C23H25N2OP.C22H18NOP.C8H12.Ni/c1-23(2,3)22(26)24-20-16-11-17-21(25(20)4)27(18-12-7-5-8-13-18)19-14-9-6-10-15-19;1-24-22-20-15-9-8-10-17(20)16-21(23-22)25(18-11-4-2-5-12-18)19-13-6-3-7-14-19;1-2-4-6-8-7-5-3-1;/h5-17H,1-4H3;2-16H,1H3;1-2,7-8H,3-6H2;/p+4. The number of anilines is 1. The Hall–Kier alpha value is -5.24. The number of aromatic amines is 1. The van der Waals surface area contributed by atoms with Crippen LogP contribution in [0.5, 0.6) is 5.88 Å². The molecule has 1 aliphatic carbocycles. The fourth-order valence-corrected chi connectivity index (χ4v) is 12.2. The van der Waals surface area contributed by atoms with Gasteiger partial charge in [0, 0.05) is 34.0 Å². The van der Waals surface area contributed by atoms with E-state index in [2.05, 4.69) is 179 Å². The van der Waals surface area contributed by atoms with Crippen LogP contribution in [0.25, 0.3) is 10.8 Å². The molecule has 1 aliphatic rings. The topological polar surface area (TPSA) is 56.4 Å². The number of nitrogens with one attached hydrogen (secondary N) is 2. The van der Waals surface area contributed by atoms with E-state index in [9.17, 15) is 4.79 Å².